The average molecular weight is 278 g/mol. The number of carbonyl (C=O) groups excluding carboxylic acids is 1. The summed E-state index contributed by atoms with van der Waals surface area (Å²) < 4.78 is 16.8. The zero-order valence-corrected chi connectivity index (χ0v) is 11.9. The van der Waals surface area contributed by atoms with Crippen molar-refractivity contribution in [3.63, 3.8) is 0 Å². The molecule has 1 saturated heterocycles. The van der Waals surface area contributed by atoms with E-state index >= 15 is 0 Å². The van der Waals surface area contributed by atoms with Crippen molar-refractivity contribution in [3.8, 4) is 0 Å². The summed E-state index contributed by atoms with van der Waals surface area (Å²) in [5.74, 6) is 2.86. The van der Waals surface area contributed by atoms with Crippen LogP contribution in [-0.4, -0.2) is 37.5 Å². The molecule has 4 nitrogen and oxygen atoms in total. The van der Waals surface area contributed by atoms with Crippen molar-refractivity contribution in [2.24, 2.45) is 23.7 Å². The summed E-state index contributed by atoms with van der Waals surface area (Å²) in [6.07, 6.45) is 5.28. The van der Waals surface area contributed by atoms with Crippen molar-refractivity contribution >= 4 is 5.97 Å². The highest BCUT2D eigenvalue weighted by molar-refractivity contribution is 5.86. The zero-order valence-electron chi connectivity index (χ0n) is 11.9. The van der Waals surface area contributed by atoms with Gasteiger partial charge < -0.3 is 14.2 Å². The molecule has 5 unspecified atom stereocenters. The zero-order chi connectivity index (χ0) is 13.9. The fourth-order valence-electron chi connectivity index (χ4n) is 4.90. The first kappa shape index (κ1) is 12.8. The summed E-state index contributed by atoms with van der Waals surface area (Å²) >= 11 is 0. The average Bonchev–Trinajstić information content (AvgIpc) is 2.81. The molecule has 0 spiro atoms. The van der Waals surface area contributed by atoms with Crippen molar-refractivity contribution in [1.29, 1.82) is 0 Å². The molecule has 0 aromatic rings. The normalized spacial score (nSPS) is 47.0. The molecular weight excluding hydrogens is 256 g/mol. The Labute approximate surface area is 119 Å². The topological polar surface area (TPSA) is 48.1 Å². The van der Waals surface area contributed by atoms with Crippen LogP contribution in [-0.2, 0) is 19.0 Å². The van der Waals surface area contributed by atoms with Crippen LogP contribution >= 0.6 is 0 Å². The van der Waals surface area contributed by atoms with Gasteiger partial charge in [0, 0.05) is 5.57 Å². The Kier molecular flexibility index (Phi) is 2.93. The van der Waals surface area contributed by atoms with E-state index in [0.717, 1.165) is 17.8 Å². The third-order valence-corrected chi connectivity index (χ3v) is 5.68. The second kappa shape index (κ2) is 4.57. The molecule has 0 aromatic heterocycles. The Hall–Kier alpha value is -0.870. The van der Waals surface area contributed by atoms with E-state index in [4.69, 9.17) is 14.2 Å². The fourth-order valence-corrected chi connectivity index (χ4v) is 4.90. The first-order valence-corrected chi connectivity index (χ1v) is 7.75. The monoisotopic (exact) mass is 278 g/mol. The Balaban J connectivity index is 1.25. The Morgan fingerprint density at radius 2 is 2.10 bits per heavy atom. The highest BCUT2D eigenvalue weighted by atomic mass is 16.6. The molecule has 4 rings (SSSR count). The van der Waals surface area contributed by atoms with E-state index < -0.39 is 0 Å². The van der Waals surface area contributed by atoms with Crippen LogP contribution in [0.4, 0.5) is 0 Å². The molecule has 4 fully saturated rings. The largest absolute Gasteiger partial charge is 0.460 e. The van der Waals surface area contributed by atoms with Gasteiger partial charge in [-0.1, -0.05) is 6.58 Å². The molecule has 0 radical (unpaired) electrons. The smallest absolute Gasteiger partial charge is 0.333 e. The molecule has 4 aliphatic rings. The Bertz CT molecular complexity index is 446. The fraction of sp³-hybridized carbons (Fsp3) is 0.812. The molecule has 0 aromatic carbocycles. The minimum Gasteiger partial charge on any atom is -0.460 e. The van der Waals surface area contributed by atoms with E-state index in [9.17, 15) is 4.79 Å². The van der Waals surface area contributed by atoms with E-state index in [2.05, 4.69) is 6.58 Å². The molecule has 1 aliphatic heterocycles. The van der Waals surface area contributed by atoms with Gasteiger partial charge in [0.05, 0.1) is 24.9 Å². The minimum absolute atomic E-state index is 0.327. The summed E-state index contributed by atoms with van der Waals surface area (Å²) in [7, 11) is 0. The van der Waals surface area contributed by atoms with Gasteiger partial charge in [-0.25, -0.2) is 4.79 Å². The third-order valence-electron chi connectivity index (χ3n) is 5.68. The van der Waals surface area contributed by atoms with E-state index in [0.29, 0.717) is 43.0 Å². The predicted molar refractivity (Wildman–Crippen MR) is 72.0 cm³/mol. The first-order chi connectivity index (χ1) is 9.65. The number of hydrogen-bond donors (Lipinski definition) is 0. The third kappa shape index (κ3) is 1.92. The second-order valence-electron chi connectivity index (χ2n) is 6.84. The van der Waals surface area contributed by atoms with Gasteiger partial charge in [0.25, 0.3) is 0 Å². The molecule has 110 valence electrons. The number of rotatable bonds is 5. The van der Waals surface area contributed by atoms with E-state index in [1.54, 1.807) is 6.92 Å². The van der Waals surface area contributed by atoms with Gasteiger partial charge in [0.1, 0.15) is 6.61 Å². The van der Waals surface area contributed by atoms with Crippen molar-refractivity contribution < 1.29 is 19.0 Å². The maximum Gasteiger partial charge on any atom is 0.333 e. The second-order valence-corrected chi connectivity index (χ2v) is 6.84. The molecule has 0 N–H and O–H groups in total. The highest BCUT2D eigenvalue weighted by Crippen LogP contribution is 2.64. The molecule has 3 aliphatic carbocycles. The van der Waals surface area contributed by atoms with Crippen LogP contribution < -0.4 is 0 Å². The van der Waals surface area contributed by atoms with Gasteiger partial charge in [-0.05, 0) is 49.9 Å². The van der Waals surface area contributed by atoms with Crippen molar-refractivity contribution in [2.45, 2.75) is 44.5 Å². The van der Waals surface area contributed by atoms with Crippen LogP contribution in [0.15, 0.2) is 12.2 Å². The summed E-state index contributed by atoms with van der Waals surface area (Å²) in [4.78, 5) is 11.3. The van der Waals surface area contributed by atoms with Crippen LogP contribution in [0, 0.1) is 23.7 Å². The number of hydrogen-bond acceptors (Lipinski definition) is 4. The highest BCUT2D eigenvalue weighted by Gasteiger charge is 2.66. The summed E-state index contributed by atoms with van der Waals surface area (Å²) in [5, 5.41) is 0. The molecule has 1 heterocycles. The number of epoxide rings is 1. The summed E-state index contributed by atoms with van der Waals surface area (Å²) in [6.45, 7) is 6.05. The van der Waals surface area contributed by atoms with Crippen molar-refractivity contribution in [2.75, 3.05) is 13.2 Å². The van der Waals surface area contributed by atoms with Crippen molar-refractivity contribution in [3.05, 3.63) is 12.2 Å². The van der Waals surface area contributed by atoms with Gasteiger partial charge in [-0.2, -0.15) is 0 Å². The van der Waals surface area contributed by atoms with Crippen LogP contribution in [0.25, 0.3) is 0 Å². The molecule has 7 atom stereocenters. The van der Waals surface area contributed by atoms with E-state index in [1.807, 2.05) is 0 Å². The molecular formula is C16H22O4. The van der Waals surface area contributed by atoms with Gasteiger partial charge in [-0.3, -0.25) is 0 Å². The van der Waals surface area contributed by atoms with Gasteiger partial charge >= 0.3 is 5.97 Å². The number of ether oxygens (including phenoxy) is 3. The summed E-state index contributed by atoms with van der Waals surface area (Å²) in [5.41, 5.74) is 0.440. The Morgan fingerprint density at radius 1 is 1.25 bits per heavy atom. The molecule has 2 bridgehead atoms. The van der Waals surface area contributed by atoms with E-state index in [1.165, 1.54) is 19.3 Å². The quantitative estimate of drug-likeness (QED) is 0.334. The minimum atomic E-state index is -0.327. The van der Waals surface area contributed by atoms with Crippen LogP contribution in [0.2, 0.25) is 0 Å². The lowest BCUT2D eigenvalue weighted by molar-refractivity contribution is -0.141. The maximum absolute atomic E-state index is 11.3. The first-order valence-electron chi connectivity index (χ1n) is 7.75. The lowest BCUT2D eigenvalue weighted by Gasteiger charge is -2.32. The SMILES string of the molecule is C=C(C)C(=O)OCCOC1C[C@@H]2C[C@H]1C1C3OC3CC12. The molecule has 20 heavy (non-hydrogen) atoms. The molecule has 0 amide bonds. The number of carbonyl (C=O) groups is 1. The van der Waals surface area contributed by atoms with Crippen molar-refractivity contribution in [1.82, 2.24) is 0 Å². The predicted octanol–water partition coefficient (Wildman–Crippen LogP) is 1.93. The van der Waals surface area contributed by atoms with Gasteiger partial charge in [-0.15, -0.1) is 0 Å². The van der Waals surface area contributed by atoms with Crippen LogP contribution in [0.3, 0.4) is 0 Å². The van der Waals surface area contributed by atoms with Crippen LogP contribution in [0.1, 0.15) is 26.2 Å². The standard InChI is InChI=1S/C16H22O4/c1-8(2)16(17)19-4-3-18-12-6-9-5-11(12)14-10(9)7-13-15(14)20-13/h9-15H,1,3-7H2,2H3/t9-,10?,11+,12?,13?,14?,15?/m0/s1. The number of esters is 1. The number of fused-ring (bicyclic) bond motifs is 7. The molecule has 4 heteroatoms. The molecule has 3 saturated carbocycles. The maximum atomic E-state index is 11.3. The van der Waals surface area contributed by atoms with E-state index in [-0.39, 0.29) is 5.97 Å². The van der Waals surface area contributed by atoms with Gasteiger partial charge in [0.15, 0.2) is 0 Å². The Morgan fingerprint density at radius 3 is 2.90 bits per heavy atom. The van der Waals surface area contributed by atoms with Gasteiger partial charge in [0.2, 0.25) is 0 Å². The summed E-state index contributed by atoms with van der Waals surface area (Å²) in [6, 6.07) is 0. The lowest BCUT2D eigenvalue weighted by atomic mass is 9.79. The lowest BCUT2D eigenvalue weighted by Crippen LogP contribution is -2.34. The van der Waals surface area contributed by atoms with Crippen LogP contribution in [0.5, 0.6) is 0 Å².